The first-order chi connectivity index (χ1) is 10.3. The van der Waals surface area contributed by atoms with Gasteiger partial charge < -0.3 is 14.4 Å². The number of anilines is 1. The first-order valence-corrected chi connectivity index (χ1v) is 6.72. The van der Waals surface area contributed by atoms with E-state index in [1.54, 1.807) is 12.3 Å². The number of aromatic nitrogens is 1. The highest BCUT2D eigenvalue weighted by atomic mass is 16.6. The molecular formula is C16H15N3O2. The Labute approximate surface area is 123 Å². The molecule has 2 heterocycles. The van der Waals surface area contributed by atoms with Crippen LogP contribution in [-0.4, -0.2) is 31.3 Å². The number of nitriles is 1. The Morgan fingerprint density at radius 1 is 1.29 bits per heavy atom. The molecule has 1 aromatic heterocycles. The average molecular weight is 281 g/mol. The van der Waals surface area contributed by atoms with Crippen LogP contribution in [0.4, 0.5) is 5.69 Å². The molecule has 1 aliphatic heterocycles. The summed E-state index contributed by atoms with van der Waals surface area (Å²) in [7, 11) is 1.97. The van der Waals surface area contributed by atoms with Gasteiger partial charge in [0.1, 0.15) is 18.4 Å². The second-order valence-electron chi connectivity index (χ2n) is 4.89. The summed E-state index contributed by atoms with van der Waals surface area (Å²) in [4.78, 5) is 6.11. The maximum Gasteiger partial charge on any atom is 0.161 e. The molecule has 0 fully saturated rings. The van der Waals surface area contributed by atoms with E-state index in [4.69, 9.17) is 14.7 Å². The van der Waals surface area contributed by atoms with Crippen molar-refractivity contribution in [3.8, 4) is 17.6 Å². The van der Waals surface area contributed by atoms with E-state index < -0.39 is 0 Å². The highest BCUT2D eigenvalue weighted by Gasteiger charge is 2.22. The third-order valence-corrected chi connectivity index (χ3v) is 3.35. The highest BCUT2D eigenvalue weighted by Crippen LogP contribution is 2.31. The van der Waals surface area contributed by atoms with Crippen LogP contribution in [0.25, 0.3) is 0 Å². The van der Waals surface area contributed by atoms with Gasteiger partial charge in [0.15, 0.2) is 17.6 Å². The number of likely N-dealkylation sites (N-methyl/N-ethyl adjacent to an activating group) is 1. The summed E-state index contributed by atoms with van der Waals surface area (Å²) < 4.78 is 11.6. The molecule has 0 amide bonds. The Morgan fingerprint density at radius 3 is 2.81 bits per heavy atom. The first-order valence-electron chi connectivity index (χ1n) is 6.72. The number of benzene rings is 1. The van der Waals surface area contributed by atoms with Crippen LogP contribution in [0.15, 0.2) is 42.6 Å². The molecule has 0 spiro atoms. The van der Waals surface area contributed by atoms with Gasteiger partial charge in [0.05, 0.1) is 18.4 Å². The molecule has 2 aromatic rings. The largest absolute Gasteiger partial charge is 0.486 e. The number of hydrogen-bond donors (Lipinski definition) is 0. The summed E-state index contributed by atoms with van der Waals surface area (Å²) in [5, 5.41) is 8.76. The number of fused-ring (bicyclic) bond motifs is 1. The fraction of sp³-hybridized carbons (Fsp3) is 0.250. The molecule has 1 aromatic carbocycles. The minimum Gasteiger partial charge on any atom is -0.486 e. The molecule has 3 rings (SSSR count). The Hall–Kier alpha value is -2.74. The monoisotopic (exact) mass is 281 g/mol. The van der Waals surface area contributed by atoms with Crippen LogP contribution in [0, 0.1) is 11.3 Å². The molecule has 0 radical (unpaired) electrons. The van der Waals surface area contributed by atoms with E-state index in [9.17, 15) is 0 Å². The van der Waals surface area contributed by atoms with E-state index in [1.165, 1.54) is 0 Å². The number of rotatable bonds is 3. The van der Waals surface area contributed by atoms with Gasteiger partial charge in [0.2, 0.25) is 0 Å². The Morgan fingerprint density at radius 2 is 2.10 bits per heavy atom. The van der Waals surface area contributed by atoms with E-state index in [1.807, 2.05) is 48.3 Å². The number of pyridine rings is 1. The van der Waals surface area contributed by atoms with Crippen LogP contribution < -0.4 is 14.4 Å². The van der Waals surface area contributed by atoms with Gasteiger partial charge in [-0.3, -0.25) is 0 Å². The van der Waals surface area contributed by atoms with Crippen molar-refractivity contribution < 1.29 is 9.47 Å². The predicted molar refractivity (Wildman–Crippen MR) is 78.6 cm³/mol. The van der Waals surface area contributed by atoms with E-state index in [0.717, 1.165) is 17.2 Å². The molecular weight excluding hydrogens is 266 g/mol. The number of para-hydroxylation sites is 2. The molecule has 5 heteroatoms. The lowest BCUT2D eigenvalue weighted by molar-refractivity contribution is 0.0960. The van der Waals surface area contributed by atoms with E-state index in [2.05, 4.69) is 4.98 Å². The summed E-state index contributed by atoms with van der Waals surface area (Å²) in [6.45, 7) is 1.20. The quantitative estimate of drug-likeness (QED) is 0.863. The van der Waals surface area contributed by atoms with Gasteiger partial charge in [0.25, 0.3) is 0 Å². The van der Waals surface area contributed by atoms with Crippen molar-refractivity contribution in [3.63, 3.8) is 0 Å². The van der Waals surface area contributed by atoms with Crippen molar-refractivity contribution in [1.82, 2.24) is 4.98 Å². The van der Waals surface area contributed by atoms with Gasteiger partial charge in [-0.25, -0.2) is 4.98 Å². The van der Waals surface area contributed by atoms with Crippen molar-refractivity contribution in [2.24, 2.45) is 0 Å². The SMILES string of the molecule is CN(C[C@@H]1COc2ccccc2O1)c1ccc(C#N)nc1. The fourth-order valence-electron chi connectivity index (χ4n) is 2.24. The molecule has 0 bridgehead atoms. The molecule has 1 aliphatic rings. The maximum absolute atomic E-state index is 8.76. The van der Waals surface area contributed by atoms with E-state index >= 15 is 0 Å². The Balaban J connectivity index is 1.65. The molecule has 0 saturated heterocycles. The lowest BCUT2D eigenvalue weighted by Crippen LogP contribution is -2.39. The molecule has 0 N–H and O–H groups in total. The predicted octanol–water partition coefficient (Wildman–Crippen LogP) is 2.23. The van der Waals surface area contributed by atoms with Gasteiger partial charge in [-0.2, -0.15) is 5.26 Å². The first kappa shape index (κ1) is 13.3. The van der Waals surface area contributed by atoms with Crippen molar-refractivity contribution >= 4 is 5.69 Å². The lowest BCUT2D eigenvalue weighted by atomic mass is 10.2. The minimum atomic E-state index is -0.0412. The Bertz CT molecular complexity index is 664. The maximum atomic E-state index is 8.76. The minimum absolute atomic E-state index is 0.0412. The summed E-state index contributed by atoms with van der Waals surface area (Å²) in [5.74, 6) is 1.57. The van der Waals surface area contributed by atoms with E-state index in [-0.39, 0.29) is 6.10 Å². The van der Waals surface area contributed by atoms with Gasteiger partial charge in [0, 0.05) is 7.05 Å². The molecule has 1 atom stereocenters. The molecule has 0 aliphatic carbocycles. The lowest BCUT2D eigenvalue weighted by Gasteiger charge is -2.30. The van der Waals surface area contributed by atoms with Crippen LogP contribution in [0.1, 0.15) is 5.69 Å². The smallest absolute Gasteiger partial charge is 0.161 e. The van der Waals surface area contributed by atoms with Gasteiger partial charge >= 0.3 is 0 Å². The standard InChI is InChI=1S/C16H15N3O2/c1-19(13-7-6-12(8-17)18-9-13)10-14-11-20-15-4-2-3-5-16(15)21-14/h2-7,9,14H,10-11H2,1H3/t14-/m1/s1. The van der Waals surface area contributed by atoms with Crippen LogP contribution >= 0.6 is 0 Å². The summed E-state index contributed by atoms with van der Waals surface area (Å²) in [6.07, 6.45) is 1.65. The van der Waals surface area contributed by atoms with Crippen molar-refractivity contribution in [2.45, 2.75) is 6.10 Å². The second-order valence-corrected chi connectivity index (χ2v) is 4.89. The van der Waals surface area contributed by atoms with Gasteiger partial charge in [-0.1, -0.05) is 12.1 Å². The van der Waals surface area contributed by atoms with Crippen molar-refractivity contribution in [1.29, 1.82) is 5.26 Å². The third-order valence-electron chi connectivity index (χ3n) is 3.35. The van der Waals surface area contributed by atoms with Crippen molar-refractivity contribution in [2.75, 3.05) is 25.1 Å². The van der Waals surface area contributed by atoms with Crippen LogP contribution in [0.3, 0.4) is 0 Å². The number of nitrogens with zero attached hydrogens (tertiary/aromatic N) is 3. The van der Waals surface area contributed by atoms with Crippen LogP contribution in [0.5, 0.6) is 11.5 Å². The van der Waals surface area contributed by atoms with E-state index in [0.29, 0.717) is 18.8 Å². The zero-order valence-corrected chi connectivity index (χ0v) is 11.7. The number of ether oxygens (including phenoxy) is 2. The highest BCUT2D eigenvalue weighted by molar-refractivity contribution is 5.46. The normalized spacial score (nSPS) is 16.1. The fourth-order valence-corrected chi connectivity index (χ4v) is 2.24. The Kier molecular flexibility index (Phi) is 3.61. The van der Waals surface area contributed by atoms with Crippen molar-refractivity contribution in [3.05, 3.63) is 48.3 Å². The van der Waals surface area contributed by atoms with Gasteiger partial charge in [-0.05, 0) is 24.3 Å². The zero-order valence-electron chi connectivity index (χ0n) is 11.7. The zero-order chi connectivity index (χ0) is 14.7. The molecule has 5 nitrogen and oxygen atoms in total. The van der Waals surface area contributed by atoms with Crippen LogP contribution in [-0.2, 0) is 0 Å². The topological polar surface area (TPSA) is 58.4 Å². The van der Waals surface area contributed by atoms with Gasteiger partial charge in [-0.15, -0.1) is 0 Å². The third kappa shape index (κ3) is 2.90. The molecule has 21 heavy (non-hydrogen) atoms. The summed E-state index contributed by atoms with van der Waals surface area (Å²) >= 11 is 0. The molecule has 106 valence electrons. The second kappa shape index (κ2) is 5.71. The summed E-state index contributed by atoms with van der Waals surface area (Å²) in [6, 6.07) is 13.3. The number of hydrogen-bond acceptors (Lipinski definition) is 5. The molecule has 0 saturated carbocycles. The van der Waals surface area contributed by atoms with Crippen LogP contribution in [0.2, 0.25) is 0 Å². The average Bonchev–Trinajstić information content (AvgIpc) is 2.55. The molecule has 0 unspecified atom stereocenters. The summed E-state index contributed by atoms with van der Waals surface area (Å²) in [5.41, 5.74) is 1.36.